The van der Waals surface area contributed by atoms with Crippen LogP contribution in [0.5, 0.6) is 0 Å². The minimum absolute atomic E-state index is 0.169. The molecule has 1 aromatic carbocycles. The summed E-state index contributed by atoms with van der Waals surface area (Å²) in [6, 6.07) is 9.54. The van der Waals surface area contributed by atoms with Crippen molar-refractivity contribution in [2.24, 2.45) is 7.05 Å². The first-order valence-electron chi connectivity index (χ1n) is 7.55. The first kappa shape index (κ1) is 17.0. The fraction of sp³-hybridized carbons (Fsp3) is 0.333. The maximum absolute atomic E-state index is 12.2. The molecule has 23 heavy (non-hydrogen) atoms. The van der Waals surface area contributed by atoms with Crippen molar-refractivity contribution in [1.82, 2.24) is 14.8 Å². The molecule has 5 nitrogen and oxygen atoms in total. The molecule has 1 heterocycles. The topological polar surface area (TPSA) is 54.3 Å². The van der Waals surface area contributed by atoms with E-state index in [1.165, 1.54) is 11.6 Å². The Bertz CT molecular complexity index is 763. The summed E-state index contributed by atoms with van der Waals surface area (Å²) in [4.78, 5) is 26.3. The summed E-state index contributed by atoms with van der Waals surface area (Å²) in [5.41, 5.74) is 2.94. The highest BCUT2D eigenvalue weighted by atomic mass is 16.2. The first-order chi connectivity index (χ1) is 10.9. The van der Waals surface area contributed by atoms with E-state index in [4.69, 9.17) is 0 Å². The van der Waals surface area contributed by atoms with Crippen LogP contribution in [0, 0.1) is 6.92 Å². The van der Waals surface area contributed by atoms with Crippen molar-refractivity contribution in [1.29, 1.82) is 0 Å². The van der Waals surface area contributed by atoms with Gasteiger partial charge in [-0.15, -0.1) is 0 Å². The van der Waals surface area contributed by atoms with Crippen LogP contribution in [0.2, 0.25) is 0 Å². The summed E-state index contributed by atoms with van der Waals surface area (Å²) in [6.45, 7) is 3.08. The fourth-order valence-corrected chi connectivity index (χ4v) is 2.38. The molecule has 1 aromatic heterocycles. The van der Waals surface area contributed by atoms with Crippen molar-refractivity contribution in [3.8, 4) is 0 Å². The first-order valence-corrected chi connectivity index (χ1v) is 7.55. The molecule has 0 saturated carbocycles. The van der Waals surface area contributed by atoms with E-state index in [2.05, 4.69) is 22.3 Å². The van der Waals surface area contributed by atoms with E-state index < -0.39 is 0 Å². The molecule has 0 saturated heterocycles. The Morgan fingerprint density at radius 2 is 1.91 bits per heavy atom. The van der Waals surface area contributed by atoms with E-state index in [1.54, 1.807) is 10.8 Å². The average Bonchev–Trinajstić information content (AvgIpc) is 2.48. The summed E-state index contributed by atoms with van der Waals surface area (Å²) in [5, 5.41) is 2.82. The van der Waals surface area contributed by atoms with Crippen molar-refractivity contribution in [2.75, 3.05) is 14.1 Å². The number of carbonyl (C=O) groups excluding carboxylic acids is 1. The Hall–Kier alpha value is -2.40. The maximum atomic E-state index is 12.2. The van der Waals surface area contributed by atoms with Gasteiger partial charge in [-0.2, -0.15) is 0 Å². The number of carbonyl (C=O) groups is 1. The minimum Gasteiger partial charge on any atom is -0.354 e. The standard InChI is InChI=1S/C18H23N3O2/c1-13-8-17(22)16(12-21(13)4)18(23)19-10-14-6-5-7-15(9-14)11-20(2)3/h5-9,12H,10-11H2,1-4H3,(H,19,23). The third-order valence-corrected chi connectivity index (χ3v) is 3.67. The molecule has 0 radical (unpaired) electrons. The number of aromatic nitrogens is 1. The quantitative estimate of drug-likeness (QED) is 0.914. The van der Waals surface area contributed by atoms with Crippen LogP contribution in [0.1, 0.15) is 27.2 Å². The number of amides is 1. The third-order valence-electron chi connectivity index (χ3n) is 3.67. The molecule has 0 aliphatic heterocycles. The normalized spacial score (nSPS) is 10.8. The molecule has 2 rings (SSSR count). The van der Waals surface area contributed by atoms with Crippen LogP contribution in [0.3, 0.4) is 0 Å². The monoisotopic (exact) mass is 313 g/mol. The van der Waals surface area contributed by atoms with Gasteiger partial charge in [-0.1, -0.05) is 24.3 Å². The predicted molar refractivity (Wildman–Crippen MR) is 91.4 cm³/mol. The Morgan fingerprint density at radius 1 is 1.22 bits per heavy atom. The van der Waals surface area contributed by atoms with Gasteiger partial charge in [0.15, 0.2) is 5.43 Å². The lowest BCUT2D eigenvalue weighted by Gasteiger charge is -2.12. The summed E-state index contributed by atoms with van der Waals surface area (Å²) in [7, 11) is 5.85. The number of pyridine rings is 1. The number of aryl methyl sites for hydroxylation is 2. The largest absolute Gasteiger partial charge is 0.354 e. The fourth-order valence-electron chi connectivity index (χ4n) is 2.38. The Balaban J connectivity index is 2.08. The van der Waals surface area contributed by atoms with E-state index in [9.17, 15) is 9.59 Å². The predicted octanol–water partition coefficient (Wildman–Crippen LogP) is 1.69. The molecule has 0 spiro atoms. The second-order valence-electron chi connectivity index (χ2n) is 6.04. The highest BCUT2D eigenvalue weighted by Crippen LogP contribution is 2.07. The van der Waals surface area contributed by atoms with Crippen LogP contribution in [0.4, 0.5) is 0 Å². The summed E-state index contributed by atoms with van der Waals surface area (Å²) < 4.78 is 1.77. The van der Waals surface area contributed by atoms with E-state index in [0.717, 1.165) is 17.8 Å². The molecule has 5 heteroatoms. The zero-order valence-corrected chi connectivity index (χ0v) is 14.1. The van der Waals surface area contributed by atoms with Crippen molar-refractivity contribution in [3.63, 3.8) is 0 Å². The van der Waals surface area contributed by atoms with Crippen LogP contribution in [0.15, 0.2) is 41.3 Å². The second kappa shape index (κ2) is 7.24. The van der Waals surface area contributed by atoms with Gasteiger partial charge in [-0.3, -0.25) is 9.59 Å². The van der Waals surface area contributed by atoms with Crippen LogP contribution < -0.4 is 10.7 Å². The molecule has 2 aromatic rings. The van der Waals surface area contributed by atoms with Gasteiger partial charge in [0.2, 0.25) is 0 Å². The van der Waals surface area contributed by atoms with Crippen LogP contribution in [-0.2, 0) is 20.1 Å². The SMILES string of the molecule is Cc1cc(=O)c(C(=O)NCc2cccc(CN(C)C)c2)cn1C. The molecular formula is C18H23N3O2. The Kier molecular flexibility index (Phi) is 5.34. The number of hydrogen-bond acceptors (Lipinski definition) is 3. The van der Waals surface area contributed by atoms with Crippen molar-refractivity contribution < 1.29 is 4.79 Å². The zero-order valence-electron chi connectivity index (χ0n) is 14.1. The molecule has 0 unspecified atom stereocenters. The molecule has 1 amide bonds. The zero-order chi connectivity index (χ0) is 17.0. The van der Waals surface area contributed by atoms with Gasteiger partial charge in [-0.05, 0) is 32.1 Å². The molecule has 0 fully saturated rings. The smallest absolute Gasteiger partial charge is 0.257 e. The van der Waals surface area contributed by atoms with Gasteiger partial charge in [0, 0.05) is 38.1 Å². The van der Waals surface area contributed by atoms with Gasteiger partial charge in [-0.25, -0.2) is 0 Å². The Morgan fingerprint density at radius 3 is 2.61 bits per heavy atom. The maximum Gasteiger partial charge on any atom is 0.257 e. The molecular weight excluding hydrogens is 290 g/mol. The lowest BCUT2D eigenvalue weighted by atomic mass is 10.1. The highest BCUT2D eigenvalue weighted by Gasteiger charge is 2.11. The average molecular weight is 313 g/mol. The van der Waals surface area contributed by atoms with Crippen molar-refractivity contribution in [2.45, 2.75) is 20.0 Å². The summed E-state index contributed by atoms with van der Waals surface area (Å²) in [5.74, 6) is -0.344. The number of nitrogens with one attached hydrogen (secondary N) is 1. The van der Waals surface area contributed by atoms with Gasteiger partial charge in [0.1, 0.15) is 5.56 Å². The van der Waals surface area contributed by atoms with Crippen molar-refractivity contribution in [3.05, 3.63) is 69.1 Å². The number of benzene rings is 1. The van der Waals surface area contributed by atoms with E-state index >= 15 is 0 Å². The number of rotatable bonds is 5. The van der Waals surface area contributed by atoms with E-state index in [0.29, 0.717) is 6.54 Å². The number of nitrogens with zero attached hydrogens (tertiary/aromatic N) is 2. The van der Waals surface area contributed by atoms with E-state index in [1.807, 2.05) is 40.2 Å². The summed E-state index contributed by atoms with van der Waals surface area (Å²) >= 11 is 0. The molecule has 1 N–H and O–H groups in total. The Labute approximate surface area is 136 Å². The van der Waals surface area contributed by atoms with Crippen LogP contribution in [-0.4, -0.2) is 29.5 Å². The molecule has 0 aliphatic carbocycles. The lowest BCUT2D eigenvalue weighted by Crippen LogP contribution is -2.29. The van der Waals surface area contributed by atoms with Crippen molar-refractivity contribution >= 4 is 5.91 Å². The van der Waals surface area contributed by atoms with Crippen LogP contribution >= 0.6 is 0 Å². The number of hydrogen-bond donors (Lipinski definition) is 1. The third kappa shape index (κ3) is 4.53. The van der Waals surface area contributed by atoms with E-state index in [-0.39, 0.29) is 16.9 Å². The van der Waals surface area contributed by atoms with Gasteiger partial charge >= 0.3 is 0 Å². The molecule has 122 valence electrons. The van der Waals surface area contributed by atoms with Gasteiger partial charge in [0.25, 0.3) is 5.91 Å². The minimum atomic E-state index is -0.344. The highest BCUT2D eigenvalue weighted by molar-refractivity contribution is 5.93. The molecule has 0 aliphatic rings. The summed E-state index contributed by atoms with van der Waals surface area (Å²) in [6.07, 6.45) is 1.58. The van der Waals surface area contributed by atoms with Crippen LogP contribution in [0.25, 0.3) is 0 Å². The molecule has 0 bridgehead atoms. The second-order valence-corrected chi connectivity index (χ2v) is 6.04. The molecule has 0 atom stereocenters. The lowest BCUT2D eigenvalue weighted by molar-refractivity contribution is 0.0949. The van der Waals surface area contributed by atoms with Gasteiger partial charge in [0.05, 0.1) is 0 Å². The van der Waals surface area contributed by atoms with Gasteiger partial charge < -0.3 is 14.8 Å².